The molecule has 0 spiro atoms. The summed E-state index contributed by atoms with van der Waals surface area (Å²) in [6, 6.07) is 11.6. The van der Waals surface area contributed by atoms with Crippen LogP contribution in [0, 0.1) is 13.8 Å². The zero-order valence-electron chi connectivity index (χ0n) is 22.4. The molecule has 0 unspecified atom stereocenters. The lowest BCUT2D eigenvalue weighted by Gasteiger charge is -2.36. The molecule has 0 radical (unpaired) electrons. The molecular formula is C30H37NO6. The maximum atomic E-state index is 12.8. The molecule has 7 heteroatoms. The highest BCUT2D eigenvalue weighted by Crippen LogP contribution is 2.40. The summed E-state index contributed by atoms with van der Waals surface area (Å²) in [5, 5.41) is 0.901. The average molecular weight is 508 g/mol. The first-order valence-electron chi connectivity index (χ1n) is 13.0. The molecule has 0 saturated heterocycles. The van der Waals surface area contributed by atoms with Gasteiger partial charge in [-0.25, -0.2) is 9.59 Å². The van der Waals surface area contributed by atoms with E-state index in [-0.39, 0.29) is 30.2 Å². The smallest absolute Gasteiger partial charge is 0.418 e. The molecule has 0 bridgehead atoms. The van der Waals surface area contributed by atoms with Gasteiger partial charge in [-0.1, -0.05) is 31.5 Å². The highest BCUT2D eigenvalue weighted by molar-refractivity contribution is 5.96. The van der Waals surface area contributed by atoms with E-state index in [1.807, 2.05) is 32.0 Å². The van der Waals surface area contributed by atoms with Crippen LogP contribution in [0.3, 0.4) is 0 Å². The SMILES string of the molecule is CCCCOC(=O)n1ccc2c(O[C@H]3CC[C@H](OC)C[C@H]3c3ccc(C(=O)OC)cc3)c(C)cc(C)c21. The fourth-order valence-corrected chi connectivity index (χ4v) is 5.32. The van der Waals surface area contributed by atoms with Crippen molar-refractivity contribution in [2.24, 2.45) is 0 Å². The number of ether oxygens (including phenoxy) is 4. The van der Waals surface area contributed by atoms with Gasteiger partial charge in [0.1, 0.15) is 11.9 Å². The van der Waals surface area contributed by atoms with Crippen molar-refractivity contribution in [1.29, 1.82) is 0 Å². The summed E-state index contributed by atoms with van der Waals surface area (Å²) in [6.07, 6.45) is 5.80. The summed E-state index contributed by atoms with van der Waals surface area (Å²) in [4.78, 5) is 24.7. The van der Waals surface area contributed by atoms with Crippen LogP contribution in [0.25, 0.3) is 10.9 Å². The number of carbonyl (C=O) groups is 2. The average Bonchev–Trinajstić information content (AvgIpc) is 3.37. The van der Waals surface area contributed by atoms with E-state index < -0.39 is 0 Å². The van der Waals surface area contributed by atoms with Gasteiger partial charge in [-0.3, -0.25) is 4.57 Å². The third kappa shape index (κ3) is 5.67. The highest BCUT2D eigenvalue weighted by atomic mass is 16.5. The van der Waals surface area contributed by atoms with Gasteiger partial charge in [0.2, 0.25) is 0 Å². The van der Waals surface area contributed by atoms with E-state index in [0.29, 0.717) is 12.2 Å². The number of benzene rings is 2. The van der Waals surface area contributed by atoms with E-state index in [4.69, 9.17) is 18.9 Å². The minimum atomic E-state index is -0.370. The molecule has 1 aliphatic carbocycles. The molecule has 7 nitrogen and oxygen atoms in total. The minimum absolute atomic E-state index is 0.0835. The molecule has 1 fully saturated rings. The monoisotopic (exact) mass is 507 g/mol. The predicted octanol–water partition coefficient (Wildman–Crippen LogP) is 6.56. The van der Waals surface area contributed by atoms with Crippen LogP contribution >= 0.6 is 0 Å². The largest absolute Gasteiger partial charge is 0.489 e. The molecule has 1 aliphatic rings. The van der Waals surface area contributed by atoms with Crippen molar-refractivity contribution in [2.45, 2.75) is 71.0 Å². The second-order valence-corrected chi connectivity index (χ2v) is 9.80. The minimum Gasteiger partial charge on any atom is -0.489 e. The molecule has 3 aromatic rings. The number of aromatic nitrogens is 1. The van der Waals surface area contributed by atoms with Crippen LogP contribution in [-0.4, -0.2) is 49.7 Å². The Kier molecular flexibility index (Phi) is 8.54. The number of aryl methyl sites for hydroxylation is 2. The molecule has 1 saturated carbocycles. The third-order valence-electron chi connectivity index (χ3n) is 7.32. The first-order valence-corrected chi connectivity index (χ1v) is 13.0. The molecule has 1 aromatic heterocycles. The summed E-state index contributed by atoms with van der Waals surface area (Å²) >= 11 is 0. The Morgan fingerprint density at radius 2 is 1.78 bits per heavy atom. The lowest BCUT2D eigenvalue weighted by molar-refractivity contribution is 0.0193. The molecule has 4 rings (SSSR count). The van der Waals surface area contributed by atoms with Gasteiger partial charge in [0.15, 0.2) is 0 Å². The van der Waals surface area contributed by atoms with Crippen molar-refractivity contribution >= 4 is 23.0 Å². The zero-order chi connectivity index (χ0) is 26.5. The standard InChI is InChI=1S/C30H37NO6/c1-6-7-16-36-30(33)31-15-14-24-27(31)19(2)17-20(3)28(24)37-26-13-12-23(34-4)18-25(26)21-8-10-22(11-9-21)29(32)35-5/h8-11,14-15,17,23,25-26H,6-7,12-13,16,18H2,1-5H3/t23-,25-,26-/m0/s1. The topological polar surface area (TPSA) is 76.0 Å². The van der Waals surface area contributed by atoms with Crippen molar-refractivity contribution in [3.63, 3.8) is 0 Å². The van der Waals surface area contributed by atoms with Crippen LogP contribution in [0.2, 0.25) is 0 Å². The molecule has 1 heterocycles. The Hall–Kier alpha value is -3.32. The number of nitrogens with zero attached hydrogens (tertiary/aromatic N) is 1. The van der Waals surface area contributed by atoms with Crippen molar-refractivity contribution in [3.8, 4) is 5.75 Å². The summed E-state index contributed by atoms with van der Waals surface area (Å²) in [6.45, 7) is 6.52. The number of esters is 1. The van der Waals surface area contributed by atoms with Crippen LogP contribution in [0.5, 0.6) is 5.75 Å². The lowest BCUT2D eigenvalue weighted by atomic mass is 9.79. The Morgan fingerprint density at radius 1 is 1.03 bits per heavy atom. The van der Waals surface area contributed by atoms with E-state index >= 15 is 0 Å². The summed E-state index contributed by atoms with van der Waals surface area (Å²) in [7, 11) is 3.13. The number of carbonyl (C=O) groups excluding carboxylic acids is 2. The first kappa shape index (κ1) is 26.7. The molecule has 2 aromatic carbocycles. The fraction of sp³-hybridized carbons (Fsp3) is 0.467. The van der Waals surface area contributed by atoms with Gasteiger partial charge in [0.25, 0.3) is 0 Å². The van der Waals surface area contributed by atoms with Gasteiger partial charge >= 0.3 is 12.1 Å². The number of unbranched alkanes of at least 4 members (excludes halogenated alkanes) is 1. The predicted molar refractivity (Wildman–Crippen MR) is 143 cm³/mol. The summed E-state index contributed by atoms with van der Waals surface area (Å²) < 4.78 is 24.4. The number of hydrogen-bond acceptors (Lipinski definition) is 6. The van der Waals surface area contributed by atoms with Gasteiger partial charge in [-0.05, 0) is 74.4 Å². The third-order valence-corrected chi connectivity index (χ3v) is 7.32. The first-order chi connectivity index (χ1) is 17.9. The van der Waals surface area contributed by atoms with Crippen LogP contribution in [0.15, 0.2) is 42.6 Å². The fourth-order valence-electron chi connectivity index (χ4n) is 5.32. The maximum Gasteiger partial charge on any atom is 0.418 e. The van der Waals surface area contributed by atoms with E-state index in [2.05, 4.69) is 13.0 Å². The molecule has 0 N–H and O–H groups in total. The van der Waals surface area contributed by atoms with E-state index in [1.54, 1.807) is 30.0 Å². The van der Waals surface area contributed by atoms with Crippen LogP contribution in [0.4, 0.5) is 4.79 Å². The van der Waals surface area contributed by atoms with Gasteiger partial charge in [-0.15, -0.1) is 0 Å². The Morgan fingerprint density at radius 3 is 2.46 bits per heavy atom. The number of fused-ring (bicyclic) bond motifs is 1. The van der Waals surface area contributed by atoms with Crippen LogP contribution in [-0.2, 0) is 14.2 Å². The molecule has 198 valence electrons. The molecule has 3 atom stereocenters. The summed E-state index contributed by atoms with van der Waals surface area (Å²) in [5.41, 5.74) is 4.45. The highest BCUT2D eigenvalue weighted by Gasteiger charge is 2.34. The molecular weight excluding hydrogens is 470 g/mol. The second-order valence-electron chi connectivity index (χ2n) is 9.80. The summed E-state index contributed by atoms with van der Waals surface area (Å²) in [5.74, 6) is 0.521. The lowest BCUT2D eigenvalue weighted by Crippen LogP contribution is -2.35. The van der Waals surface area contributed by atoms with Crippen molar-refractivity contribution in [1.82, 2.24) is 4.57 Å². The van der Waals surface area contributed by atoms with E-state index in [9.17, 15) is 9.59 Å². The second kappa shape index (κ2) is 11.8. The van der Waals surface area contributed by atoms with Gasteiger partial charge in [-0.2, -0.15) is 0 Å². The Balaban J connectivity index is 1.66. The van der Waals surface area contributed by atoms with Crippen molar-refractivity contribution in [2.75, 3.05) is 20.8 Å². The molecule has 0 amide bonds. The Bertz CT molecular complexity index is 1250. The van der Waals surface area contributed by atoms with Crippen molar-refractivity contribution in [3.05, 3.63) is 64.8 Å². The van der Waals surface area contributed by atoms with Crippen molar-refractivity contribution < 1.29 is 28.5 Å². The number of methoxy groups -OCH3 is 2. The van der Waals surface area contributed by atoms with E-state index in [1.165, 1.54) is 7.11 Å². The zero-order valence-corrected chi connectivity index (χ0v) is 22.4. The molecule has 37 heavy (non-hydrogen) atoms. The quantitative estimate of drug-likeness (QED) is 0.254. The maximum absolute atomic E-state index is 12.8. The van der Waals surface area contributed by atoms with Crippen LogP contribution < -0.4 is 4.74 Å². The van der Waals surface area contributed by atoms with Gasteiger partial charge in [0, 0.05) is 24.6 Å². The van der Waals surface area contributed by atoms with Gasteiger partial charge < -0.3 is 18.9 Å². The van der Waals surface area contributed by atoms with Gasteiger partial charge in [0.05, 0.1) is 30.9 Å². The normalized spacial score (nSPS) is 19.5. The number of rotatable bonds is 8. The number of hydrogen-bond donors (Lipinski definition) is 0. The van der Waals surface area contributed by atoms with Crippen LogP contribution in [0.1, 0.15) is 72.0 Å². The van der Waals surface area contributed by atoms with E-state index in [0.717, 1.165) is 65.4 Å². The Labute approximate surface area is 218 Å². The molecule has 0 aliphatic heterocycles.